The van der Waals surface area contributed by atoms with Gasteiger partial charge in [-0.3, -0.25) is 9.25 Å². The smallest absolute Gasteiger partial charge is 0.172 e. The molecular formula is C22H15Cl2N7. The van der Waals surface area contributed by atoms with Gasteiger partial charge in [0, 0.05) is 22.3 Å². The van der Waals surface area contributed by atoms with Crippen molar-refractivity contribution in [3.8, 4) is 28.3 Å². The highest BCUT2D eigenvalue weighted by Crippen LogP contribution is 2.34. The number of nitrogens with zero attached hydrogens (tertiary/aromatic N) is 7. The van der Waals surface area contributed by atoms with Gasteiger partial charge in [-0.1, -0.05) is 53.5 Å². The number of benzene rings is 2. The number of hydrogen-bond acceptors (Lipinski definition) is 4. The van der Waals surface area contributed by atoms with Gasteiger partial charge < -0.3 is 0 Å². The maximum atomic E-state index is 6.36. The molecule has 6 rings (SSSR count). The van der Waals surface area contributed by atoms with E-state index in [9.17, 15) is 0 Å². The molecule has 3 aromatic heterocycles. The maximum Gasteiger partial charge on any atom is 0.172 e. The molecule has 1 aliphatic heterocycles. The summed E-state index contributed by atoms with van der Waals surface area (Å²) < 4.78 is 5.65. The van der Waals surface area contributed by atoms with E-state index in [1.165, 1.54) is 0 Å². The van der Waals surface area contributed by atoms with Crippen molar-refractivity contribution < 1.29 is 0 Å². The molecule has 5 aromatic rings. The van der Waals surface area contributed by atoms with Gasteiger partial charge in [0.05, 0.1) is 23.6 Å². The van der Waals surface area contributed by atoms with Crippen LogP contribution in [0.2, 0.25) is 10.2 Å². The average Bonchev–Trinajstić information content (AvgIpc) is 3.48. The first-order valence-corrected chi connectivity index (χ1v) is 10.5. The molecule has 152 valence electrons. The summed E-state index contributed by atoms with van der Waals surface area (Å²) in [5.41, 5.74) is 4.63. The summed E-state index contributed by atoms with van der Waals surface area (Å²) in [4.78, 5) is 9.08. The van der Waals surface area contributed by atoms with Crippen LogP contribution in [0.25, 0.3) is 28.3 Å². The van der Waals surface area contributed by atoms with Crippen LogP contribution in [-0.4, -0.2) is 34.1 Å². The molecule has 0 spiro atoms. The fourth-order valence-electron chi connectivity index (χ4n) is 3.86. The molecule has 0 amide bonds. The highest BCUT2D eigenvalue weighted by Gasteiger charge is 2.25. The summed E-state index contributed by atoms with van der Waals surface area (Å²) in [6.45, 7) is 0.914. The van der Waals surface area contributed by atoms with Gasteiger partial charge in [-0.15, -0.1) is 0 Å². The highest BCUT2D eigenvalue weighted by molar-refractivity contribution is 6.31. The Labute approximate surface area is 187 Å². The Hall–Kier alpha value is -3.42. The first-order valence-electron chi connectivity index (χ1n) is 9.70. The molecule has 1 aliphatic rings. The predicted molar refractivity (Wildman–Crippen MR) is 118 cm³/mol. The van der Waals surface area contributed by atoms with Gasteiger partial charge in [0.25, 0.3) is 0 Å². The lowest BCUT2D eigenvalue weighted by atomic mass is 10.1. The van der Waals surface area contributed by atoms with Crippen LogP contribution in [0.1, 0.15) is 11.5 Å². The van der Waals surface area contributed by atoms with Crippen molar-refractivity contribution in [2.75, 3.05) is 0 Å². The molecule has 0 fully saturated rings. The van der Waals surface area contributed by atoms with Crippen LogP contribution in [0.4, 0.5) is 0 Å². The van der Waals surface area contributed by atoms with E-state index in [1.54, 1.807) is 6.33 Å². The van der Waals surface area contributed by atoms with Crippen LogP contribution >= 0.6 is 23.2 Å². The lowest BCUT2D eigenvalue weighted by Crippen LogP contribution is -2.07. The van der Waals surface area contributed by atoms with Gasteiger partial charge in [0.15, 0.2) is 16.8 Å². The van der Waals surface area contributed by atoms with Crippen molar-refractivity contribution in [1.82, 2.24) is 34.1 Å². The molecule has 2 aromatic carbocycles. The Morgan fingerprint density at radius 1 is 0.968 bits per heavy atom. The minimum absolute atomic E-state index is 0.449. The van der Waals surface area contributed by atoms with E-state index < -0.39 is 0 Å². The molecule has 0 aliphatic carbocycles. The molecule has 9 heteroatoms. The number of fused-ring (bicyclic) bond motifs is 5. The van der Waals surface area contributed by atoms with Gasteiger partial charge in [-0.25, -0.2) is 14.6 Å². The van der Waals surface area contributed by atoms with E-state index >= 15 is 0 Å². The summed E-state index contributed by atoms with van der Waals surface area (Å²) in [6, 6.07) is 17.7. The topological polar surface area (TPSA) is 66.3 Å². The molecule has 0 N–H and O–H groups in total. The van der Waals surface area contributed by atoms with Crippen molar-refractivity contribution in [2.45, 2.75) is 13.1 Å². The van der Waals surface area contributed by atoms with E-state index in [-0.39, 0.29) is 0 Å². The Kier molecular flexibility index (Phi) is 4.19. The molecule has 0 unspecified atom stereocenters. The van der Waals surface area contributed by atoms with Crippen molar-refractivity contribution in [2.24, 2.45) is 0 Å². The monoisotopic (exact) mass is 447 g/mol. The zero-order valence-electron chi connectivity index (χ0n) is 16.2. The van der Waals surface area contributed by atoms with Gasteiger partial charge in [0.2, 0.25) is 0 Å². The van der Waals surface area contributed by atoms with Crippen LogP contribution in [-0.2, 0) is 13.1 Å². The van der Waals surface area contributed by atoms with Crippen molar-refractivity contribution in [1.29, 1.82) is 0 Å². The normalized spacial score (nSPS) is 12.2. The Morgan fingerprint density at radius 3 is 2.71 bits per heavy atom. The fourth-order valence-corrected chi connectivity index (χ4v) is 4.23. The minimum Gasteiger partial charge on any atom is -0.299 e. The van der Waals surface area contributed by atoms with Crippen LogP contribution in [0.15, 0.2) is 67.1 Å². The average molecular weight is 448 g/mol. The van der Waals surface area contributed by atoms with E-state index in [2.05, 4.69) is 10.1 Å². The third kappa shape index (κ3) is 3.13. The number of halogens is 2. The second-order valence-electron chi connectivity index (χ2n) is 7.29. The van der Waals surface area contributed by atoms with E-state index in [0.717, 1.165) is 34.0 Å². The van der Waals surface area contributed by atoms with E-state index in [1.807, 2.05) is 74.7 Å². The summed E-state index contributed by atoms with van der Waals surface area (Å²) >= 11 is 12.7. The molecule has 7 nitrogen and oxygen atoms in total. The molecular weight excluding hydrogens is 433 g/mol. The molecule has 4 heterocycles. The lowest BCUT2D eigenvalue weighted by molar-refractivity contribution is 0.623. The van der Waals surface area contributed by atoms with Crippen molar-refractivity contribution in [3.63, 3.8) is 0 Å². The molecule has 0 saturated heterocycles. The quantitative estimate of drug-likeness (QED) is 0.393. The largest absolute Gasteiger partial charge is 0.299 e. The van der Waals surface area contributed by atoms with Crippen LogP contribution in [0.5, 0.6) is 0 Å². The Balaban J connectivity index is 1.40. The van der Waals surface area contributed by atoms with Gasteiger partial charge >= 0.3 is 0 Å². The number of imidazole rings is 1. The number of aromatic nitrogens is 7. The SMILES string of the molecule is Clc1ccc2c(c1)-c1nc(Cn3ccc(-c4ccccc4)n3)nn1Cc1c(Cl)ncn1-2. The highest BCUT2D eigenvalue weighted by atomic mass is 35.5. The Bertz CT molecular complexity index is 1420. The molecule has 0 radical (unpaired) electrons. The first kappa shape index (κ1) is 18.4. The van der Waals surface area contributed by atoms with E-state index in [0.29, 0.717) is 29.1 Å². The predicted octanol–water partition coefficient (Wildman–Crippen LogP) is 4.71. The summed E-state index contributed by atoms with van der Waals surface area (Å²) in [5, 5.41) is 10.5. The molecule has 0 saturated carbocycles. The zero-order chi connectivity index (χ0) is 20.9. The number of hydrogen-bond donors (Lipinski definition) is 0. The van der Waals surface area contributed by atoms with Crippen LogP contribution in [0, 0.1) is 0 Å². The second kappa shape index (κ2) is 7.08. The first-order chi connectivity index (χ1) is 15.2. The zero-order valence-corrected chi connectivity index (χ0v) is 17.7. The summed E-state index contributed by atoms with van der Waals surface area (Å²) in [7, 11) is 0. The van der Waals surface area contributed by atoms with Gasteiger partial charge in [0.1, 0.15) is 12.9 Å². The summed E-state index contributed by atoms with van der Waals surface area (Å²) in [6.07, 6.45) is 3.65. The van der Waals surface area contributed by atoms with Gasteiger partial charge in [-0.05, 0) is 24.3 Å². The van der Waals surface area contributed by atoms with Crippen molar-refractivity contribution >= 4 is 23.2 Å². The van der Waals surface area contributed by atoms with Crippen LogP contribution < -0.4 is 0 Å². The third-order valence-electron chi connectivity index (χ3n) is 5.30. The van der Waals surface area contributed by atoms with Crippen LogP contribution in [0.3, 0.4) is 0 Å². The van der Waals surface area contributed by atoms with E-state index in [4.69, 9.17) is 33.3 Å². The third-order valence-corrected chi connectivity index (χ3v) is 5.85. The van der Waals surface area contributed by atoms with Crippen molar-refractivity contribution in [3.05, 3.63) is 88.8 Å². The molecule has 0 bridgehead atoms. The standard InChI is InChI=1S/C22H15Cl2N7/c23-15-6-7-18-16(10-15)22-26-20(28-31(22)11-19-21(24)25-13-30(18)19)12-29-9-8-17(27-29)14-4-2-1-3-5-14/h1-10,13H,11-12H2. The Morgan fingerprint density at radius 2 is 1.84 bits per heavy atom. The molecule has 0 atom stereocenters. The second-order valence-corrected chi connectivity index (χ2v) is 8.08. The minimum atomic E-state index is 0.449. The lowest BCUT2D eigenvalue weighted by Gasteiger charge is -2.08. The molecule has 31 heavy (non-hydrogen) atoms. The van der Waals surface area contributed by atoms with Gasteiger partial charge in [-0.2, -0.15) is 10.2 Å². The number of rotatable bonds is 3. The maximum absolute atomic E-state index is 6.36. The summed E-state index contributed by atoms with van der Waals surface area (Å²) in [5.74, 6) is 1.40. The fraction of sp³-hybridized carbons (Fsp3) is 0.0909.